The summed E-state index contributed by atoms with van der Waals surface area (Å²) < 4.78 is 10.5. The molecule has 21 heavy (non-hydrogen) atoms. The number of fused-ring (bicyclic) bond motifs is 3. The van der Waals surface area contributed by atoms with Gasteiger partial charge in [0.2, 0.25) is 7.26 Å². The van der Waals surface area contributed by atoms with Crippen molar-refractivity contribution >= 4 is 29.9 Å². The Bertz CT molecular complexity index is 676. The molecule has 0 aliphatic carbocycles. The molecule has 0 spiro atoms. The molecule has 0 bridgehead atoms. The largest absolute Gasteiger partial charge is 0.497 e. The highest BCUT2D eigenvalue weighted by molar-refractivity contribution is 8.12. The van der Waals surface area contributed by atoms with Gasteiger partial charge < -0.3 is 9.47 Å². The van der Waals surface area contributed by atoms with Crippen LogP contribution in [0.15, 0.2) is 36.4 Å². The predicted molar refractivity (Wildman–Crippen MR) is 84.7 cm³/mol. The van der Waals surface area contributed by atoms with Gasteiger partial charge in [0.15, 0.2) is 0 Å². The third kappa shape index (κ3) is 1.79. The molecule has 0 atom stereocenters. The first-order valence-electron chi connectivity index (χ1n) is 6.39. The van der Waals surface area contributed by atoms with Gasteiger partial charge in [-0.05, 0) is 36.4 Å². The van der Waals surface area contributed by atoms with Crippen molar-refractivity contribution in [2.45, 2.75) is 0 Å². The van der Waals surface area contributed by atoms with Crippen molar-refractivity contribution in [1.82, 2.24) is 0 Å². The van der Waals surface area contributed by atoms with E-state index in [1.54, 1.807) is 26.4 Å². The second-order valence-corrected chi connectivity index (χ2v) is 7.69. The van der Waals surface area contributed by atoms with Crippen LogP contribution in [0.5, 0.6) is 11.5 Å². The quantitative estimate of drug-likeness (QED) is 0.640. The van der Waals surface area contributed by atoms with Gasteiger partial charge in [-0.1, -0.05) is 0 Å². The third-order valence-corrected chi connectivity index (χ3v) is 6.87. The average molecular weight is 301 g/mol. The third-order valence-electron chi connectivity index (χ3n) is 3.83. The summed E-state index contributed by atoms with van der Waals surface area (Å²) in [5.74, 6) is 1.39. The summed E-state index contributed by atoms with van der Waals surface area (Å²) in [5.41, 5.74) is 1.74. The minimum atomic E-state index is -2.62. The molecule has 4 nitrogen and oxygen atoms in total. The number of carbonyl (C=O) groups excluding carboxylic acids is 2. The van der Waals surface area contributed by atoms with E-state index in [0.717, 1.165) is 33.8 Å². The fraction of sp³-hybridized carbons (Fsp3) is 0.125. The Morgan fingerprint density at radius 1 is 0.810 bits per heavy atom. The second-order valence-electron chi connectivity index (χ2n) is 4.75. The summed E-state index contributed by atoms with van der Waals surface area (Å²) in [5, 5.41) is 1.58. The van der Waals surface area contributed by atoms with E-state index in [4.69, 9.17) is 9.47 Å². The summed E-state index contributed by atoms with van der Waals surface area (Å²) in [4.78, 5) is 23.5. The number of hydrogen-bond donors (Lipinski definition) is 0. The summed E-state index contributed by atoms with van der Waals surface area (Å²) in [7, 11) is 0.555. The molecule has 5 heteroatoms. The van der Waals surface area contributed by atoms with Crippen molar-refractivity contribution in [1.29, 1.82) is 0 Å². The molecule has 0 aromatic heterocycles. The summed E-state index contributed by atoms with van der Waals surface area (Å²) in [6.07, 6.45) is 0. The van der Waals surface area contributed by atoms with Gasteiger partial charge in [-0.15, -0.1) is 0 Å². The molecule has 0 saturated heterocycles. The predicted octanol–water partition coefficient (Wildman–Crippen LogP) is 2.03. The number of carbonyl (C=O) groups is 2. The van der Waals surface area contributed by atoms with Gasteiger partial charge in [0.05, 0.1) is 14.2 Å². The van der Waals surface area contributed by atoms with E-state index < -0.39 is 7.26 Å². The highest BCUT2D eigenvalue weighted by Gasteiger charge is 2.53. The Morgan fingerprint density at radius 2 is 1.24 bits per heavy atom. The molecular formula is C16H14O4P+. The zero-order chi connectivity index (χ0) is 15.0. The molecule has 2 aromatic carbocycles. The number of methoxy groups -OCH3 is 2. The molecule has 0 radical (unpaired) electrons. The summed E-state index contributed by atoms with van der Waals surface area (Å²) in [6.45, 7) is 0. The Hall–Kier alpha value is -2.19. The fourth-order valence-electron chi connectivity index (χ4n) is 2.74. The minimum absolute atomic E-state index is 0.694. The molecular weight excluding hydrogens is 287 g/mol. The van der Waals surface area contributed by atoms with E-state index in [-0.39, 0.29) is 0 Å². The Labute approximate surface area is 123 Å². The molecule has 1 aliphatic rings. The van der Waals surface area contributed by atoms with Crippen LogP contribution in [-0.2, 0) is 9.59 Å². The lowest BCUT2D eigenvalue weighted by Crippen LogP contribution is -2.19. The van der Waals surface area contributed by atoms with E-state index in [2.05, 4.69) is 0 Å². The van der Waals surface area contributed by atoms with Crippen molar-refractivity contribution < 1.29 is 19.1 Å². The van der Waals surface area contributed by atoms with Gasteiger partial charge in [-0.3, -0.25) is 9.59 Å². The first-order chi connectivity index (χ1) is 10.2. The lowest BCUT2D eigenvalue weighted by molar-refractivity contribution is 0.414. The number of hydrogen-bond acceptors (Lipinski definition) is 4. The van der Waals surface area contributed by atoms with E-state index in [9.17, 15) is 9.59 Å². The van der Waals surface area contributed by atoms with Crippen LogP contribution in [0.1, 0.15) is 0 Å². The second kappa shape index (κ2) is 4.97. The van der Waals surface area contributed by atoms with Crippen LogP contribution in [0.25, 0.3) is 11.1 Å². The maximum atomic E-state index is 11.8. The SMILES string of the molecule is COc1ccc2c(c1)-c1cc(OC)ccc1[P+]2(C=O)C=O. The van der Waals surface area contributed by atoms with Crippen molar-refractivity contribution in [3.63, 3.8) is 0 Å². The van der Waals surface area contributed by atoms with Gasteiger partial charge >= 0.3 is 0 Å². The standard InChI is InChI=1S/C16H14O4P/c1-19-11-3-5-15-13(7-11)14-8-12(20-2)4-6-16(14)21(15,9-17)10-18/h3-10H,1-2H3/q+1. The first-order valence-corrected chi connectivity index (χ1v) is 8.31. The van der Waals surface area contributed by atoms with E-state index in [1.807, 2.05) is 24.3 Å². The van der Waals surface area contributed by atoms with Crippen molar-refractivity contribution in [3.8, 4) is 22.6 Å². The first kappa shape index (κ1) is 13.8. The molecule has 0 unspecified atom stereocenters. The van der Waals surface area contributed by atoms with Crippen LogP contribution in [0, 0.1) is 0 Å². The Kier molecular flexibility index (Phi) is 3.26. The maximum Gasteiger partial charge on any atom is 0.274 e. The van der Waals surface area contributed by atoms with Crippen LogP contribution < -0.4 is 20.1 Å². The summed E-state index contributed by atoms with van der Waals surface area (Å²) in [6, 6.07) is 12.5. The summed E-state index contributed by atoms with van der Waals surface area (Å²) >= 11 is 0. The molecule has 3 rings (SSSR count). The van der Waals surface area contributed by atoms with Crippen LogP contribution in [0.2, 0.25) is 0 Å². The van der Waals surface area contributed by atoms with Crippen LogP contribution in [-0.4, -0.2) is 26.3 Å². The van der Waals surface area contributed by atoms with Crippen molar-refractivity contribution in [2.75, 3.05) is 14.2 Å². The van der Waals surface area contributed by atoms with Crippen molar-refractivity contribution in [3.05, 3.63) is 36.4 Å². The number of ether oxygens (including phenoxy) is 2. The van der Waals surface area contributed by atoms with E-state index >= 15 is 0 Å². The number of rotatable bonds is 4. The van der Waals surface area contributed by atoms with Gasteiger partial charge in [0, 0.05) is 11.1 Å². The van der Waals surface area contributed by atoms with Gasteiger partial charge in [-0.2, -0.15) is 0 Å². The zero-order valence-electron chi connectivity index (χ0n) is 11.7. The molecule has 1 aliphatic heterocycles. The Morgan fingerprint density at radius 3 is 1.57 bits per heavy atom. The van der Waals surface area contributed by atoms with Crippen LogP contribution in [0.3, 0.4) is 0 Å². The zero-order valence-corrected chi connectivity index (χ0v) is 12.6. The molecule has 0 N–H and O–H groups in total. The van der Waals surface area contributed by atoms with E-state index in [0.29, 0.717) is 11.5 Å². The van der Waals surface area contributed by atoms with Gasteiger partial charge in [0.25, 0.3) is 12.1 Å². The molecule has 1 heterocycles. The highest BCUT2D eigenvalue weighted by atomic mass is 31.2. The Balaban J connectivity index is 2.37. The van der Waals surface area contributed by atoms with Crippen LogP contribution in [0.4, 0.5) is 0 Å². The molecule has 0 fully saturated rings. The fourth-order valence-corrected chi connectivity index (χ4v) is 5.32. The van der Waals surface area contributed by atoms with Crippen molar-refractivity contribution in [2.24, 2.45) is 0 Å². The number of benzene rings is 2. The smallest absolute Gasteiger partial charge is 0.274 e. The average Bonchev–Trinajstić information content (AvgIpc) is 2.83. The van der Waals surface area contributed by atoms with Gasteiger partial charge in [0.1, 0.15) is 22.1 Å². The molecule has 0 saturated carbocycles. The minimum Gasteiger partial charge on any atom is -0.497 e. The van der Waals surface area contributed by atoms with E-state index in [1.165, 1.54) is 0 Å². The van der Waals surface area contributed by atoms with Gasteiger partial charge in [-0.25, -0.2) is 0 Å². The topological polar surface area (TPSA) is 52.6 Å². The lowest BCUT2D eigenvalue weighted by atomic mass is 10.1. The lowest BCUT2D eigenvalue weighted by Gasteiger charge is -2.09. The monoisotopic (exact) mass is 301 g/mol. The molecule has 0 amide bonds. The molecule has 106 valence electrons. The van der Waals surface area contributed by atoms with Crippen LogP contribution >= 0.6 is 7.26 Å². The maximum absolute atomic E-state index is 11.8. The molecule has 2 aromatic rings. The highest BCUT2D eigenvalue weighted by Crippen LogP contribution is 2.59. The normalized spacial score (nSPS) is 14.0.